The third-order valence-electron chi connectivity index (χ3n) is 2.77. The lowest BCUT2D eigenvalue weighted by atomic mass is 10.0. The first-order valence-corrected chi connectivity index (χ1v) is 5.96. The largest absolute Gasteiger partial charge is 0.302 e. The van der Waals surface area contributed by atoms with Crippen molar-refractivity contribution in [1.29, 1.82) is 0 Å². The van der Waals surface area contributed by atoms with Crippen LogP contribution in [0.25, 0.3) is 0 Å². The lowest BCUT2D eigenvalue weighted by Gasteiger charge is -2.20. The van der Waals surface area contributed by atoms with Crippen LogP contribution < -0.4 is 0 Å². The van der Waals surface area contributed by atoms with E-state index in [0.29, 0.717) is 5.92 Å². The van der Waals surface area contributed by atoms with Gasteiger partial charge in [0, 0.05) is 13.1 Å². The summed E-state index contributed by atoms with van der Waals surface area (Å²) in [6, 6.07) is 10.7. The summed E-state index contributed by atoms with van der Waals surface area (Å²) in [7, 11) is 2.18. The molecule has 88 valence electrons. The van der Waals surface area contributed by atoms with Crippen LogP contribution in [0.5, 0.6) is 0 Å². The number of rotatable bonds is 5. The molecule has 1 aromatic rings. The van der Waals surface area contributed by atoms with Gasteiger partial charge < -0.3 is 4.90 Å². The molecule has 0 saturated heterocycles. The second-order valence-corrected chi connectivity index (χ2v) is 4.81. The highest BCUT2D eigenvalue weighted by atomic mass is 15.1. The number of hydrogen-bond donors (Lipinski definition) is 0. The van der Waals surface area contributed by atoms with Crippen LogP contribution in [0.4, 0.5) is 0 Å². The molecule has 1 atom stereocenters. The van der Waals surface area contributed by atoms with Crippen molar-refractivity contribution in [2.24, 2.45) is 0 Å². The van der Waals surface area contributed by atoms with E-state index in [9.17, 15) is 0 Å². The van der Waals surface area contributed by atoms with Gasteiger partial charge in [0.2, 0.25) is 0 Å². The van der Waals surface area contributed by atoms with E-state index in [1.165, 1.54) is 11.1 Å². The van der Waals surface area contributed by atoms with Crippen LogP contribution >= 0.6 is 0 Å². The molecule has 1 nitrogen and oxygen atoms in total. The Morgan fingerprint density at radius 3 is 2.44 bits per heavy atom. The molecule has 0 fully saturated rings. The molecule has 0 aromatic heterocycles. The maximum absolute atomic E-state index is 2.37. The van der Waals surface area contributed by atoms with Gasteiger partial charge in [-0.2, -0.15) is 0 Å². The fraction of sp³-hybridized carbons (Fsp3) is 0.467. The summed E-state index contributed by atoms with van der Waals surface area (Å²) >= 11 is 0. The number of likely N-dealkylation sites (N-methyl/N-ethyl adjacent to an activating group) is 1. The summed E-state index contributed by atoms with van der Waals surface area (Å²) in [4.78, 5) is 2.37. The van der Waals surface area contributed by atoms with Gasteiger partial charge in [0.25, 0.3) is 0 Å². The van der Waals surface area contributed by atoms with Gasteiger partial charge in [0.1, 0.15) is 0 Å². The molecule has 0 heterocycles. The molecule has 0 aliphatic rings. The molecular formula is C15H23N. The smallest absolute Gasteiger partial charge is 0.0162 e. The predicted octanol–water partition coefficient (Wildman–Crippen LogP) is 3.69. The van der Waals surface area contributed by atoms with Gasteiger partial charge in [-0.25, -0.2) is 0 Å². The zero-order chi connectivity index (χ0) is 12.0. The molecule has 0 radical (unpaired) electrons. The van der Waals surface area contributed by atoms with Crippen molar-refractivity contribution in [1.82, 2.24) is 4.90 Å². The Hall–Kier alpha value is -1.08. The van der Waals surface area contributed by atoms with E-state index in [-0.39, 0.29) is 0 Å². The molecule has 0 bridgehead atoms. The summed E-state index contributed by atoms with van der Waals surface area (Å²) < 4.78 is 0. The van der Waals surface area contributed by atoms with Crippen molar-refractivity contribution in [3.63, 3.8) is 0 Å². The van der Waals surface area contributed by atoms with E-state index < -0.39 is 0 Å². The molecule has 0 saturated carbocycles. The van der Waals surface area contributed by atoms with E-state index >= 15 is 0 Å². The Bertz CT molecular complexity index is 323. The van der Waals surface area contributed by atoms with Gasteiger partial charge in [0.05, 0.1) is 0 Å². The van der Waals surface area contributed by atoms with Gasteiger partial charge >= 0.3 is 0 Å². The molecule has 0 amide bonds. The maximum Gasteiger partial charge on any atom is 0.0162 e. The molecule has 0 aliphatic heterocycles. The van der Waals surface area contributed by atoms with Crippen molar-refractivity contribution in [2.45, 2.75) is 26.7 Å². The van der Waals surface area contributed by atoms with Gasteiger partial charge in [-0.3, -0.25) is 0 Å². The van der Waals surface area contributed by atoms with Gasteiger partial charge in [-0.15, -0.1) is 0 Å². The lowest BCUT2D eigenvalue weighted by Crippen LogP contribution is -2.23. The fourth-order valence-corrected chi connectivity index (χ4v) is 1.77. The van der Waals surface area contributed by atoms with Crippen molar-refractivity contribution < 1.29 is 0 Å². The summed E-state index contributed by atoms with van der Waals surface area (Å²) in [6.45, 7) is 8.73. The Balaban J connectivity index is 2.45. The second kappa shape index (κ2) is 6.49. The average molecular weight is 217 g/mol. The first kappa shape index (κ1) is 13.0. The standard InChI is InChI=1S/C15H23N/c1-13(2)10-11-16(4)12-14(3)15-8-6-5-7-9-15/h5-10,14H,11-12H2,1-4H3. The topological polar surface area (TPSA) is 3.24 Å². The number of allylic oxidation sites excluding steroid dienone is 1. The number of benzene rings is 1. The zero-order valence-electron chi connectivity index (χ0n) is 10.9. The quantitative estimate of drug-likeness (QED) is 0.680. The molecular weight excluding hydrogens is 194 g/mol. The normalized spacial score (nSPS) is 12.6. The SMILES string of the molecule is CC(C)=CCN(C)CC(C)c1ccccc1. The molecule has 0 spiro atoms. The van der Waals surface area contributed by atoms with Gasteiger partial charge in [0.15, 0.2) is 0 Å². The van der Waals surface area contributed by atoms with E-state index in [4.69, 9.17) is 0 Å². The molecule has 1 heteroatoms. The Kier molecular flexibility index (Phi) is 5.27. The van der Waals surface area contributed by atoms with E-state index in [1.807, 2.05) is 0 Å². The second-order valence-electron chi connectivity index (χ2n) is 4.81. The summed E-state index contributed by atoms with van der Waals surface area (Å²) in [5.74, 6) is 0.594. The molecule has 0 aliphatic carbocycles. The summed E-state index contributed by atoms with van der Waals surface area (Å²) in [5, 5.41) is 0. The Morgan fingerprint density at radius 2 is 1.88 bits per heavy atom. The van der Waals surface area contributed by atoms with Crippen LogP contribution in [0.1, 0.15) is 32.3 Å². The van der Waals surface area contributed by atoms with E-state index in [2.05, 4.69) is 69.1 Å². The monoisotopic (exact) mass is 217 g/mol. The van der Waals surface area contributed by atoms with Crippen molar-refractivity contribution in [3.8, 4) is 0 Å². The highest BCUT2D eigenvalue weighted by molar-refractivity contribution is 5.19. The van der Waals surface area contributed by atoms with Gasteiger partial charge in [-0.1, -0.05) is 48.9 Å². The molecule has 0 N–H and O–H groups in total. The average Bonchev–Trinajstić information content (AvgIpc) is 2.27. The highest BCUT2D eigenvalue weighted by Gasteiger charge is 2.07. The fourth-order valence-electron chi connectivity index (χ4n) is 1.77. The Labute approximate surface area is 99.8 Å². The van der Waals surface area contributed by atoms with Crippen LogP contribution in [-0.2, 0) is 0 Å². The van der Waals surface area contributed by atoms with Gasteiger partial charge in [-0.05, 0) is 32.4 Å². The van der Waals surface area contributed by atoms with E-state index in [0.717, 1.165) is 13.1 Å². The molecule has 1 aromatic carbocycles. The minimum Gasteiger partial charge on any atom is -0.302 e. The number of nitrogens with zero attached hydrogens (tertiary/aromatic N) is 1. The maximum atomic E-state index is 2.37. The molecule has 1 rings (SSSR count). The van der Waals surface area contributed by atoms with E-state index in [1.54, 1.807) is 0 Å². The summed E-state index contributed by atoms with van der Waals surface area (Å²) in [6.07, 6.45) is 2.28. The lowest BCUT2D eigenvalue weighted by molar-refractivity contribution is 0.348. The third-order valence-corrected chi connectivity index (χ3v) is 2.77. The third kappa shape index (κ3) is 4.63. The molecule has 1 unspecified atom stereocenters. The van der Waals surface area contributed by atoms with Crippen LogP contribution in [0.3, 0.4) is 0 Å². The van der Waals surface area contributed by atoms with Crippen molar-refractivity contribution in [2.75, 3.05) is 20.1 Å². The minimum absolute atomic E-state index is 0.594. The Morgan fingerprint density at radius 1 is 1.25 bits per heavy atom. The van der Waals surface area contributed by atoms with Crippen LogP contribution in [0.15, 0.2) is 42.0 Å². The molecule has 16 heavy (non-hydrogen) atoms. The minimum atomic E-state index is 0.594. The first-order chi connectivity index (χ1) is 7.59. The summed E-state index contributed by atoms with van der Waals surface area (Å²) in [5.41, 5.74) is 2.81. The van der Waals surface area contributed by atoms with Crippen molar-refractivity contribution in [3.05, 3.63) is 47.5 Å². The highest BCUT2D eigenvalue weighted by Crippen LogP contribution is 2.15. The van der Waals surface area contributed by atoms with Crippen LogP contribution in [-0.4, -0.2) is 25.0 Å². The van der Waals surface area contributed by atoms with Crippen LogP contribution in [0, 0.1) is 0 Å². The van der Waals surface area contributed by atoms with Crippen molar-refractivity contribution >= 4 is 0 Å². The first-order valence-electron chi connectivity index (χ1n) is 5.96. The zero-order valence-corrected chi connectivity index (χ0v) is 10.9. The number of hydrogen-bond acceptors (Lipinski definition) is 1. The predicted molar refractivity (Wildman–Crippen MR) is 71.8 cm³/mol. The van der Waals surface area contributed by atoms with Crippen LogP contribution in [0.2, 0.25) is 0 Å².